The molecule has 4 aliphatic rings. The van der Waals surface area contributed by atoms with Crippen molar-refractivity contribution in [3.63, 3.8) is 0 Å². The number of ether oxygens (including phenoxy) is 2. The maximum absolute atomic E-state index is 13.9. The van der Waals surface area contributed by atoms with Gasteiger partial charge in [0.1, 0.15) is 23.3 Å². The van der Waals surface area contributed by atoms with E-state index in [0.29, 0.717) is 39.8 Å². The summed E-state index contributed by atoms with van der Waals surface area (Å²) in [5.41, 5.74) is 6.97. The molecule has 5 heterocycles. The van der Waals surface area contributed by atoms with Gasteiger partial charge in [0.15, 0.2) is 0 Å². The maximum atomic E-state index is 13.9. The lowest BCUT2D eigenvalue weighted by molar-refractivity contribution is -0.392. The van der Waals surface area contributed by atoms with Crippen molar-refractivity contribution >= 4 is 57.6 Å². The molecule has 1 spiro atoms. The molecule has 12 nitrogen and oxygen atoms in total. The molecule has 1 amide bonds. The van der Waals surface area contributed by atoms with Crippen molar-refractivity contribution in [2.24, 2.45) is 11.3 Å². The number of benzene rings is 2. The van der Waals surface area contributed by atoms with Crippen molar-refractivity contribution in [2.45, 2.75) is 69.2 Å². The van der Waals surface area contributed by atoms with E-state index in [9.17, 15) is 14.9 Å². The number of aromatic amines is 1. The lowest BCUT2D eigenvalue weighted by Gasteiger charge is -2.47. The van der Waals surface area contributed by atoms with E-state index >= 15 is 0 Å². The summed E-state index contributed by atoms with van der Waals surface area (Å²) in [5.74, 6) is 1.04. The smallest absolute Gasteiger partial charge is 0.324 e. The summed E-state index contributed by atoms with van der Waals surface area (Å²) in [5, 5.41) is 13.6. The molecule has 2 aliphatic carbocycles. The third kappa shape index (κ3) is 9.03. The number of carbonyl (C=O) groups is 1. The first-order valence-electron chi connectivity index (χ1n) is 20.9. The van der Waals surface area contributed by atoms with Gasteiger partial charge in [0.05, 0.1) is 29.3 Å². The van der Waals surface area contributed by atoms with Crippen LogP contribution in [0.1, 0.15) is 73.7 Å². The van der Waals surface area contributed by atoms with Crippen LogP contribution in [-0.4, -0.2) is 76.2 Å². The van der Waals surface area contributed by atoms with Crippen LogP contribution in [0.5, 0.6) is 11.5 Å². The van der Waals surface area contributed by atoms with Crippen LogP contribution in [0.4, 0.5) is 11.5 Å². The van der Waals surface area contributed by atoms with Gasteiger partial charge in [-0.15, -0.1) is 0 Å². The number of aryl methyl sites for hydroxylation is 1. The van der Waals surface area contributed by atoms with E-state index in [1.54, 1.807) is 28.6 Å². The Morgan fingerprint density at radius 1 is 1.05 bits per heavy atom. The van der Waals surface area contributed by atoms with Crippen LogP contribution < -0.4 is 14.4 Å². The second-order valence-corrected chi connectivity index (χ2v) is 17.9. The zero-order valence-electron chi connectivity index (χ0n) is 33.2. The summed E-state index contributed by atoms with van der Waals surface area (Å²) in [6, 6.07) is 19.5. The molecule has 9 rings (SSSR count). The minimum atomic E-state index is -0.369. The van der Waals surface area contributed by atoms with Gasteiger partial charge in [-0.2, -0.15) is 0 Å². The van der Waals surface area contributed by atoms with Gasteiger partial charge in [-0.05, 0) is 127 Å². The fourth-order valence-corrected chi connectivity index (χ4v) is 10.1. The molecule has 2 aromatic carbocycles. The number of hydrogen-bond acceptors (Lipinski definition) is 9. The second kappa shape index (κ2) is 17.4. The molecule has 0 bridgehead atoms. The molecular formula is C45H50ClN7O5S. The predicted octanol–water partition coefficient (Wildman–Crippen LogP) is 9.90. The number of nitro groups is 1. The predicted molar refractivity (Wildman–Crippen MR) is 232 cm³/mol. The van der Waals surface area contributed by atoms with Crippen molar-refractivity contribution in [3.05, 3.63) is 111 Å². The maximum Gasteiger partial charge on any atom is 0.324 e. The quantitative estimate of drug-likeness (QED) is 0.0676. The molecule has 2 aliphatic heterocycles. The van der Waals surface area contributed by atoms with Crippen molar-refractivity contribution in [1.29, 1.82) is 0 Å². The summed E-state index contributed by atoms with van der Waals surface area (Å²) in [6.45, 7) is 6.51. The number of aromatic nitrogens is 3. The van der Waals surface area contributed by atoms with Crippen LogP contribution in [0, 0.1) is 21.4 Å². The third-order valence-corrected chi connectivity index (χ3v) is 13.9. The first kappa shape index (κ1) is 39.6. The number of amides is 1. The van der Waals surface area contributed by atoms with E-state index in [1.807, 2.05) is 42.6 Å². The van der Waals surface area contributed by atoms with E-state index in [1.165, 1.54) is 49.3 Å². The molecule has 0 unspecified atom stereocenters. The normalized spacial score (nSPS) is 18.6. The number of halogens is 1. The number of hydrogen-bond donors (Lipinski definition) is 2. The minimum Gasteiger partial charge on any atom is -0.455 e. The van der Waals surface area contributed by atoms with Crippen LogP contribution in [0.3, 0.4) is 0 Å². The molecule has 1 saturated carbocycles. The number of anilines is 1. The number of pyridine rings is 1. The number of allylic oxidation sites excluding steroid dienone is 1. The van der Waals surface area contributed by atoms with E-state index in [-0.39, 0.29) is 16.6 Å². The molecule has 2 saturated heterocycles. The standard InChI is InChI=1S/C45H50ClN7O5S/c46-35-4-2-32(3-5-35)40-27-45(13-1-14-45)15-8-34(40)29-50-18-20-51(21-19-50)36-6-7-39(41(25-36)58-37-24-33-9-16-47-43(33)48-28-37)44(54)49-59-38-26-42(53(55)56)52(30-38)17-10-31-11-22-57-23-12-31/h2-7,9,16,24-26,28,30-31H,1,8,10-15,17-23,27,29H2,(H,47,48)(H,49,54). The van der Waals surface area contributed by atoms with E-state index in [4.69, 9.17) is 21.1 Å². The highest BCUT2D eigenvalue weighted by molar-refractivity contribution is 7.98. The Balaban J connectivity index is 0.897. The molecule has 3 fully saturated rings. The van der Waals surface area contributed by atoms with Crippen LogP contribution >= 0.6 is 23.5 Å². The number of piperazine rings is 1. The van der Waals surface area contributed by atoms with Crippen molar-refractivity contribution in [2.75, 3.05) is 50.8 Å². The highest BCUT2D eigenvalue weighted by Gasteiger charge is 2.41. The Hall–Kier alpha value is -4.82. The topological polar surface area (TPSA) is 131 Å². The molecule has 59 heavy (non-hydrogen) atoms. The van der Waals surface area contributed by atoms with Crippen LogP contribution in [0.15, 0.2) is 89.7 Å². The van der Waals surface area contributed by atoms with Crippen molar-refractivity contribution < 1.29 is 19.2 Å². The van der Waals surface area contributed by atoms with Gasteiger partial charge < -0.3 is 29.5 Å². The summed E-state index contributed by atoms with van der Waals surface area (Å²) in [7, 11) is 0. The highest BCUT2D eigenvalue weighted by Crippen LogP contribution is 2.55. The van der Waals surface area contributed by atoms with Gasteiger partial charge in [0.2, 0.25) is 0 Å². The summed E-state index contributed by atoms with van der Waals surface area (Å²) in [4.78, 5) is 38.6. The Morgan fingerprint density at radius 3 is 2.63 bits per heavy atom. The van der Waals surface area contributed by atoms with E-state index < -0.39 is 0 Å². The van der Waals surface area contributed by atoms with Gasteiger partial charge in [-0.25, -0.2) is 9.55 Å². The van der Waals surface area contributed by atoms with E-state index in [0.717, 1.165) is 105 Å². The third-order valence-electron chi connectivity index (χ3n) is 12.9. The molecule has 3 aromatic heterocycles. The zero-order chi connectivity index (χ0) is 40.3. The first-order valence-corrected chi connectivity index (χ1v) is 22.1. The number of rotatable bonds is 13. The average molecular weight is 836 g/mol. The Kier molecular flexibility index (Phi) is 11.7. The van der Waals surface area contributed by atoms with Gasteiger partial charge in [-0.3, -0.25) is 14.4 Å². The van der Waals surface area contributed by atoms with Gasteiger partial charge in [-0.1, -0.05) is 35.7 Å². The number of H-pyrrole nitrogens is 1. The average Bonchev–Trinajstić information content (AvgIpc) is 3.90. The molecule has 0 radical (unpaired) electrons. The van der Waals surface area contributed by atoms with Gasteiger partial charge in [0, 0.05) is 74.3 Å². The van der Waals surface area contributed by atoms with Crippen LogP contribution in [0.2, 0.25) is 5.02 Å². The van der Waals surface area contributed by atoms with Crippen LogP contribution in [0.25, 0.3) is 16.6 Å². The lowest BCUT2D eigenvalue weighted by Crippen LogP contribution is -2.47. The fourth-order valence-electron chi connectivity index (χ4n) is 9.28. The molecule has 14 heteroatoms. The molecule has 2 N–H and O–H groups in total. The fraction of sp³-hybridized carbons (Fsp3) is 0.422. The second-order valence-electron chi connectivity index (χ2n) is 16.6. The number of nitrogens with one attached hydrogen (secondary N) is 2. The van der Waals surface area contributed by atoms with Crippen molar-refractivity contribution in [1.82, 2.24) is 24.2 Å². The number of fused-ring (bicyclic) bond motifs is 1. The summed E-state index contributed by atoms with van der Waals surface area (Å²) >= 11 is 7.35. The number of carbonyl (C=O) groups excluding carboxylic acids is 1. The first-order chi connectivity index (χ1) is 28.8. The highest BCUT2D eigenvalue weighted by atomic mass is 35.5. The Morgan fingerprint density at radius 2 is 1.86 bits per heavy atom. The summed E-state index contributed by atoms with van der Waals surface area (Å²) < 4.78 is 16.5. The van der Waals surface area contributed by atoms with Gasteiger partial charge in [0.25, 0.3) is 5.91 Å². The molecule has 5 aromatic rings. The molecule has 0 atom stereocenters. The number of nitrogens with zero attached hydrogens (tertiary/aromatic N) is 5. The Labute approximate surface area is 353 Å². The Bertz CT molecular complexity index is 2340. The molecular weight excluding hydrogens is 786 g/mol. The zero-order valence-corrected chi connectivity index (χ0v) is 34.7. The largest absolute Gasteiger partial charge is 0.455 e. The SMILES string of the molecule is O=C(NSc1cc([N+](=O)[O-])n(CCC2CCOCC2)c1)c1ccc(N2CCN(CC3=C(c4ccc(Cl)cc4)CC4(CCC4)CC3)CC2)cc1Oc1cnc2[nH]ccc2c1. The monoisotopic (exact) mass is 835 g/mol. The van der Waals surface area contributed by atoms with E-state index in [2.05, 4.69) is 36.6 Å². The summed E-state index contributed by atoms with van der Waals surface area (Å²) in [6.07, 6.45) is 15.6. The van der Waals surface area contributed by atoms with Crippen LogP contribution in [-0.2, 0) is 11.3 Å². The van der Waals surface area contributed by atoms with Gasteiger partial charge >= 0.3 is 5.82 Å². The minimum absolute atomic E-state index is 0.00875. The van der Waals surface area contributed by atoms with Crippen molar-refractivity contribution in [3.8, 4) is 11.5 Å². The molecule has 308 valence electrons. The lowest BCUT2D eigenvalue weighted by atomic mass is 9.59.